The molecule has 26 heavy (non-hydrogen) atoms. The molecule has 1 aromatic heterocycles. The van der Waals surface area contributed by atoms with Crippen LogP contribution in [0.25, 0.3) is 22.5 Å². The van der Waals surface area contributed by atoms with Gasteiger partial charge in [0, 0.05) is 6.07 Å². The summed E-state index contributed by atoms with van der Waals surface area (Å²) in [6, 6.07) is 10.2. The highest BCUT2D eigenvalue weighted by Gasteiger charge is 2.40. The Morgan fingerprint density at radius 3 is 2.12 bits per heavy atom. The number of phenolic OH excluding ortho intramolecular Hbond substituents is 1. The average Bonchev–Trinajstić information content (AvgIpc) is 3.06. The molecule has 136 valence electrons. The number of nitrogens with zero attached hydrogens (tertiary/aromatic N) is 1. The summed E-state index contributed by atoms with van der Waals surface area (Å²) in [7, 11) is 2.86. The number of hydrogen-bond donors (Lipinski definition) is 1. The number of phenols is 1. The van der Waals surface area contributed by atoms with E-state index in [-0.39, 0.29) is 28.2 Å². The molecule has 2 aromatic carbocycles. The van der Waals surface area contributed by atoms with Crippen molar-refractivity contribution in [1.29, 1.82) is 0 Å². The summed E-state index contributed by atoms with van der Waals surface area (Å²) in [6.07, 6.45) is -4.72. The SMILES string of the molecule is COc1ccc(-c2c(C(F)(F)F)noc2-c2ccc(OC)cc2O)cc1. The lowest BCUT2D eigenvalue weighted by atomic mass is 9.98. The van der Waals surface area contributed by atoms with Crippen molar-refractivity contribution in [3.8, 4) is 39.7 Å². The van der Waals surface area contributed by atoms with Gasteiger partial charge in [0.15, 0.2) is 11.5 Å². The van der Waals surface area contributed by atoms with Gasteiger partial charge in [-0.05, 0) is 29.8 Å². The topological polar surface area (TPSA) is 64.7 Å². The van der Waals surface area contributed by atoms with Gasteiger partial charge < -0.3 is 19.1 Å². The third kappa shape index (κ3) is 3.17. The number of benzene rings is 2. The molecule has 0 atom stereocenters. The van der Waals surface area contributed by atoms with Crippen LogP contribution in [-0.4, -0.2) is 24.5 Å². The van der Waals surface area contributed by atoms with E-state index >= 15 is 0 Å². The fourth-order valence-electron chi connectivity index (χ4n) is 2.52. The molecule has 1 N–H and O–H groups in total. The number of hydrogen-bond acceptors (Lipinski definition) is 5. The minimum Gasteiger partial charge on any atom is -0.507 e. The van der Waals surface area contributed by atoms with E-state index in [0.717, 1.165) is 0 Å². The van der Waals surface area contributed by atoms with Crippen LogP contribution in [0, 0.1) is 0 Å². The van der Waals surface area contributed by atoms with Crippen LogP contribution in [0.5, 0.6) is 17.2 Å². The molecule has 1 heterocycles. The predicted octanol–water partition coefficient (Wildman–Crippen LogP) is 4.75. The summed E-state index contributed by atoms with van der Waals surface area (Å²) in [5.74, 6) is 0.368. The number of aromatic hydroxyl groups is 1. The summed E-state index contributed by atoms with van der Waals surface area (Å²) < 4.78 is 55.2. The molecule has 0 saturated carbocycles. The summed E-state index contributed by atoms with van der Waals surface area (Å²) in [5.41, 5.74) is -1.14. The van der Waals surface area contributed by atoms with Gasteiger partial charge in [0.1, 0.15) is 17.2 Å². The van der Waals surface area contributed by atoms with Gasteiger partial charge in [0.05, 0.1) is 25.3 Å². The van der Waals surface area contributed by atoms with Crippen molar-refractivity contribution in [2.24, 2.45) is 0 Å². The first-order valence-corrected chi connectivity index (χ1v) is 7.44. The zero-order valence-electron chi connectivity index (χ0n) is 13.8. The third-order valence-corrected chi connectivity index (χ3v) is 3.79. The molecular weight excluding hydrogens is 351 g/mol. The minimum absolute atomic E-state index is 0.0691. The largest absolute Gasteiger partial charge is 0.507 e. The first-order chi connectivity index (χ1) is 12.3. The first-order valence-electron chi connectivity index (χ1n) is 7.44. The molecule has 0 aliphatic rings. The Hall–Kier alpha value is -3.16. The smallest absolute Gasteiger partial charge is 0.437 e. The van der Waals surface area contributed by atoms with Crippen LogP contribution in [0.3, 0.4) is 0 Å². The van der Waals surface area contributed by atoms with Crippen molar-refractivity contribution in [3.05, 3.63) is 48.2 Å². The molecule has 3 rings (SSSR count). The molecule has 0 aliphatic heterocycles. The lowest BCUT2D eigenvalue weighted by Gasteiger charge is -2.09. The normalized spacial score (nSPS) is 11.4. The van der Waals surface area contributed by atoms with Gasteiger partial charge in [0.2, 0.25) is 0 Å². The Kier molecular flexibility index (Phi) is 4.50. The van der Waals surface area contributed by atoms with Gasteiger partial charge in [-0.25, -0.2) is 0 Å². The van der Waals surface area contributed by atoms with Gasteiger partial charge in [-0.2, -0.15) is 13.2 Å². The maximum absolute atomic E-state index is 13.4. The van der Waals surface area contributed by atoms with Crippen molar-refractivity contribution in [2.45, 2.75) is 6.18 Å². The molecule has 0 radical (unpaired) electrons. The number of halogens is 3. The zero-order chi connectivity index (χ0) is 18.9. The summed E-state index contributed by atoms with van der Waals surface area (Å²) >= 11 is 0. The van der Waals surface area contributed by atoms with Crippen LogP contribution in [-0.2, 0) is 6.18 Å². The highest BCUT2D eigenvalue weighted by molar-refractivity contribution is 5.84. The molecule has 0 unspecified atom stereocenters. The number of alkyl halides is 3. The van der Waals surface area contributed by atoms with Crippen LogP contribution in [0.1, 0.15) is 5.69 Å². The van der Waals surface area contributed by atoms with Gasteiger partial charge in [-0.15, -0.1) is 0 Å². The van der Waals surface area contributed by atoms with Gasteiger partial charge in [-0.3, -0.25) is 0 Å². The van der Waals surface area contributed by atoms with Crippen LogP contribution in [0.4, 0.5) is 13.2 Å². The monoisotopic (exact) mass is 365 g/mol. The molecule has 0 bridgehead atoms. The number of aromatic nitrogens is 1. The maximum atomic E-state index is 13.4. The first kappa shape index (κ1) is 17.7. The van der Waals surface area contributed by atoms with Crippen molar-refractivity contribution in [1.82, 2.24) is 5.16 Å². The van der Waals surface area contributed by atoms with E-state index in [1.165, 1.54) is 56.7 Å². The molecule has 0 spiro atoms. The van der Waals surface area contributed by atoms with Crippen LogP contribution < -0.4 is 9.47 Å². The minimum atomic E-state index is -4.72. The van der Waals surface area contributed by atoms with Crippen molar-refractivity contribution >= 4 is 0 Å². The van der Waals surface area contributed by atoms with E-state index < -0.39 is 11.9 Å². The van der Waals surface area contributed by atoms with Crippen LogP contribution in [0.2, 0.25) is 0 Å². The molecule has 5 nitrogen and oxygen atoms in total. The quantitative estimate of drug-likeness (QED) is 0.723. The van der Waals surface area contributed by atoms with E-state index in [1.807, 2.05) is 0 Å². The number of ether oxygens (including phenoxy) is 2. The molecular formula is C18H14F3NO4. The van der Waals surface area contributed by atoms with E-state index in [4.69, 9.17) is 14.0 Å². The summed E-state index contributed by atoms with van der Waals surface area (Å²) in [5, 5.41) is 13.4. The second-order valence-electron chi connectivity index (χ2n) is 5.34. The highest BCUT2D eigenvalue weighted by atomic mass is 19.4. The van der Waals surface area contributed by atoms with Crippen molar-refractivity contribution in [2.75, 3.05) is 14.2 Å². The lowest BCUT2D eigenvalue weighted by Crippen LogP contribution is -2.07. The Morgan fingerprint density at radius 2 is 1.58 bits per heavy atom. The second-order valence-corrected chi connectivity index (χ2v) is 5.34. The van der Waals surface area contributed by atoms with Crippen LogP contribution >= 0.6 is 0 Å². The van der Waals surface area contributed by atoms with Gasteiger partial charge in [0.25, 0.3) is 0 Å². The number of methoxy groups -OCH3 is 2. The fourth-order valence-corrected chi connectivity index (χ4v) is 2.52. The van der Waals surface area contributed by atoms with Gasteiger partial charge in [-0.1, -0.05) is 17.3 Å². The molecule has 0 amide bonds. The molecule has 0 aliphatic carbocycles. The second kappa shape index (κ2) is 6.62. The maximum Gasteiger partial charge on any atom is 0.437 e. The zero-order valence-corrected chi connectivity index (χ0v) is 13.8. The van der Waals surface area contributed by atoms with E-state index in [9.17, 15) is 18.3 Å². The van der Waals surface area contributed by atoms with Crippen LogP contribution in [0.15, 0.2) is 47.0 Å². The lowest BCUT2D eigenvalue weighted by molar-refractivity contribution is -0.142. The average molecular weight is 365 g/mol. The van der Waals surface area contributed by atoms with Crippen molar-refractivity contribution in [3.63, 3.8) is 0 Å². The van der Waals surface area contributed by atoms with Gasteiger partial charge >= 0.3 is 6.18 Å². The predicted molar refractivity (Wildman–Crippen MR) is 87.1 cm³/mol. The Labute approximate surface area is 146 Å². The third-order valence-electron chi connectivity index (χ3n) is 3.79. The van der Waals surface area contributed by atoms with E-state index in [2.05, 4.69) is 5.16 Å². The Balaban J connectivity index is 2.22. The van der Waals surface area contributed by atoms with E-state index in [1.54, 1.807) is 0 Å². The molecule has 3 aromatic rings. The summed E-state index contributed by atoms with van der Waals surface area (Å²) in [6.45, 7) is 0. The summed E-state index contributed by atoms with van der Waals surface area (Å²) in [4.78, 5) is 0. The van der Waals surface area contributed by atoms with Crippen molar-refractivity contribution < 1.29 is 32.3 Å². The standard InChI is InChI=1S/C18H14F3NO4/c1-24-11-5-3-10(4-6-11)15-16(26-22-17(15)18(19,20)21)13-8-7-12(25-2)9-14(13)23/h3-9,23H,1-2H3. The van der Waals surface area contributed by atoms with E-state index in [0.29, 0.717) is 11.5 Å². The molecule has 8 heteroatoms. The highest BCUT2D eigenvalue weighted by Crippen LogP contribution is 2.45. The Morgan fingerprint density at radius 1 is 0.962 bits per heavy atom. The molecule has 0 fully saturated rings. The number of rotatable bonds is 4. The Bertz CT molecular complexity index is 917. The fraction of sp³-hybridized carbons (Fsp3) is 0.167. The molecule has 0 saturated heterocycles.